The molecule has 0 saturated heterocycles. The van der Waals surface area contributed by atoms with Gasteiger partial charge in [-0.1, -0.05) is 74.9 Å². The first-order chi connectivity index (χ1) is 16.1. The van der Waals surface area contributed by atoms with Gasteiger partial charge in [-0.25, -0.2) is 0 Å². The van der Waals surface area contributed by atoms with E-state index in [0.717, 1.165) is 27.6 Å². The number of nitrogens with two attached hydrogens (primary N) is 1. The average Bonchev–Trinajstić information content (AvgIpc) is 2.79. The molecule has 0 aliphatic rings. The minimum atomic E-state index is -0.492. The van der Waals surface area contributed by atoms with Gasteiger partial charge in [0, 0.05) is 16.5 Å². The molecule has 1 heterocycles. The molecule has 34 heavy (non-hydrogen) atoms. The highest BCUT2D eigenvalue weighted by molar-refractivity contribution is 5.94. The van der Waals surface area contributed by atoms with Gasteiger partial charge >= 0.3 is 0 Å². The summed E-state index contributed by atoms with van der Waals surface area (Å²) in [5.74, 6) is -0.492. The molecule has 0 fully saturated rings. The molecule has 0 bridgehead atoms. The van der Waals surface area contributed by atoms with Crippen LogP contribution in [0, 0.1) is 6.92 Å². The van der Waals surface area contributed by atoms with Gasteiger partial charge in [0.1, 0.15) is 5.69 Å². The average molecular weight is 454 g/mol. The quantitative estimate of drug-likeness (QED) is 0.354. The summed E-state index contributed by atoms with van der Waals surface area (Å²) in [5.41, 5.74) is 11.4. The standard InChI is InChI=1S/C29H31N3O2/c1-18-9-14-24-20(15-18)17-26(28(34)32-24)31-25(22-7-5-6-8-23(22)27(30)33)16-19-10-12-21(13-11-19)29(2,3)4/h5-15,17,25,31H,16H2,1-4H3,(H2,30,33)(H,32,34). The lowest BCUT2D eigenvalue weighted by Gasteiger charge is -2.23. The van der Waals surface area contributed by atoms with Crippen LogP contribution in [0.3, 0.4) is 0 Å². The first-order valence-corrected chi connectivity index (χ1v) is 11.5. The molecule has 4 N–H and O–H groups in total. The second-order valence-corrected chi connectivity index (χ2v) is 9.90. The van der Waals surface area contributed by atoms with Crippen molar-refractivity contribution in [3.63, 3.8) is 0 Å². The molecule has 0 aliphatic heterocycles. The molecule has 0 aliphatic carbocycles. The fourth-order valence-electron chi connectivity index (χ4n) is 4.26. The van der Waals surface area contributed by atoms with E-state index >= 15 is 0 Å². The van der Waals surface area contributed by atoms with Crippen LogP contribution in [0.25, 0.3) is 10.9 Å². The van der Waals surface area contributed by atoms with Crippen LogP contribution in [0.2, 0.25) is 0 Å². The smallest absolute Gasteiger partial charge is 0.271 e. The van der Waals surface area contributed by atoms with E-state index < -0.39 is 5.91 Å². The second kappa shape index (κ2) is 9.18. The number of carbonyl (C=O) groups is 1. The van der Waals surface area contributed by atoms with Crippen LogP contribution >= 0.6 is 0 Å². The topological polar surface area (TPSA) is 88.0 Å². The number of aryl methyl sites for hydroxylation is 1. The van der Waals surface area contributed by atoms with Crippen molar-refractivity contribution < 1.29 is 4.79 Å². The van der Waals surface area contributed by atoms with E-state index in [1.165, 1.54) is 5.56 Å². The minimum absolute atomic E-state index is 0.0608. The molecule has 0 radical (unpaired) electrons. The van der Waals surface area contributed by atoms with Crippen LogP contribution in [-0.2, 0) is 11.8 Å². The number of primary amides is 1. The van der Waals surface area contributed by atoms with Crippen molar-refractivity contribution >= 4 is 22.5 Å². The molecule has 174 valence electrons. The number of hydrogen-bond acceptors (Lipinski definition) is 3. The fourth-order valence-corrected chi connectivity index (χ4v) is 4.26. The van der Waals surface area contributed by atoms with Crippen molar-refractivity contribution in [1.29, 1.82) is 0 Å². The van der Waals surface area contributed by atoms with Crippen LogP contribution in [0.15, 0.2) is 77.6 Å². The molecule has 3 aromatic carbocycles. The molecule has 5 heteroatoms. The number of aromatic nitrogens is 1. The van der Waals surface area contributed by atoms with E-state index in [2.05, 4.69) is 55.3 Å². The van der Waals surface area contributed by atoms with Crippen molar-refractivity contribution in [1.82, 2.24) is 4.98 Å². The first kappa shape index (κ1) is 23.3. The van der Waals surface area contributed by atoms with Gasteiger partial charge in [0.2, 0.25) is 5.91 Å². The Bertz CT molecular complexity index is 1400. The lowest BCUT2D eigenvalue weighted by molar-refractivity contribution is 0.0999. The molecule has 4 aromatic rings. The van der Waals surface area contributed by atoms with Gasteiger partial charge in [-0.05, 0) is 59.7 Å². The van der Waals surface area contributed by atoms with Gasteiger partial charge in [-0.3, -0.25) is 9.59 Å². The van der Waals surface area contributed by atoms with Crippen molar-refractivity contribution in [2.24, 2.45) is 5.73 Å². The number of H-pyrrole nitrogens is 1. The summed E-state index contributed by atoms with van der Waals surface area (Å²) in [5, 5.41) is 4.36. The SMILES string of the molecule is Cc1ccc2[nH]c(=O)c(NC(Cc3ccc(C(C)(C)C)cc3)c3ccccc3C(N)=O)cc2c1. The third kappa shape index (κ3) is 5.04. The Kier molecular flexibility index (Phi) is 6.29. The summed E-state index contributed by atoms with van der Waals surface area (Å²) < 4.78 is 0. The predicted molar refractivity (Wildman–Crippen MR) is 139 cm³/mol. The fraction of sp³-hybridized carbons (Fsp3) is 0.241. The summed E-state index contributed by atoms with van der Waals surface area (Å²) in [7, 11) is 0. The van der Waals surface area contributed by atoms with E-state index in [1.54, 1.807) is 12.1 Å². The maximum Gasteiger partial charge on any atom is 0.271 e. The first-order valence-electron chi connectivity index (χ1n) is 11.5. The molecule has 1 unspecified atom stereocenters. The molecular formula is C29H31N3O2. The molecule has 0 spiro atoms. The Labute approximate surface area is 200 Å². The molecule has 4 rings (SSSR count). The van der Waals surface area contributed by atoms with Crippen LogP contribution in [0.1, 0.15) is 59.4 Å². The summed E-state index contributed by atoms with van der Waals surface area (Å²) in [4.78, 5) is 28.1. The van der Waals surface area contributed by atoms with Crippen molar-refractivity contribution in [3.8, 4) is 0 Å². The van der Waals surface area contributed by atoms with E-state index in [0.29, 0.717) is 17.7 Å². The normalized spacial score (nSPS) is 12.5. The number of pyridine rings is 1. The van der Waals surface area contributed by atoms with Crippen LogP contribution in [0.5, 0.6) is 0 Å². The Hall–Kier alpha value is -3.86. The Morgan fingerprint density at radius 3 is 2.38 bits per heavy atom. The Balaban J connectivity index is 1.76. The number of fused-ring (bicyclic) bond motifs is 1. The number of aromatic amines is 1. The molecule has 1 aromatic heterocycles. The van der Waals surface area contributed by atoms with E-state index in [9.17, 15) is 9.59 Å². The zero-order valence-electron chi connectivity index (χ0n) is 20.1. The Morgan fingerprint density at radius 2 is 1.71 bits per heavy atom. The van der Waals surface area contributed by atoms with Crippen molar-refractivity contribution in [2.75, 3.05) is 5.32 Å². The van der Waals surface area contributed by atoms with E-state index in [-0.39, 0.29) is 17.0 Å². The van der Waals surface area contributed by atoms with Gasteiger partial charge in [0.05, 0.1) is 6.04 Å². The molecule has 5 nitrogen and oxygen atoms in total. The number of anilines is 1. The summed E-state index contributed by atoms with van der Waals surface area (Å²) in [6.07, 6.45) is 0.583. The van der Waals surface area contributed by atoms with Crippen LogP contribution in [-0.4, -0.2) is 10.9 Å². The van der Waals surface area contributed by atoms with Crippen molar-refractivity contribution in [3.05, 3.63) is 111 Å². The molecule has 1 atom stereocenters. The van der Waals surface area contributed by atoms with Crippen LogP contribution < -0.4 is 16.6 Å². The third-order valence-corrected chi connectivity index (χ3v) is 6.19. The van der Waals surface area contributed by atoms with Gasteiger partial charge < -0.3 is 16.0 Å². The zero-order valence-corrected chi connectivity index (χ0v) is 20.1. The summed E-state index contributed by atoms with van der Waals surface area (Å²) in [6, 6.07) is 23.2. The monoisotopic (exact) mass is 453 g/mol. The van der Waals surface area contributed by atoms with Gasteiger partial charge in [-0.2, -0.15) is 0 Å². The number of hydrogen-bond donors (Lipinski definition) is 3. The number of rotatable bonds is 6. The summed E-state index contributed by atoms with van der Waals surface area (Å²) in [6.45, 7) is 8.57. The number of nitrogens with one attached hydrogen (secondary N) is 2. The van der Waals surface area contributed by atoms with Gasteiger partial charge in [0.25, 0.3) is 5.56 Å². The Morgan fingerprint density at radius 1 is 1.00 bits per heavy atom. The highest BCUT2D eigenvalue weighted by Gasteiger charge is 2.20. The predicted octanol–water partition coefficient (Wildman–Crippen LogP) is 5.63. The number of amides is 1. The van der Waals surface area contributed by atoms with Crippen LogP contribution in [0.4, 0.5) is 5.69 Å². The summed E-state index contributed by atoms with van der Waals surface area (Å²) >= 11 is 0. The lowest BCUT2D eigenvalue weighted by Crippen LogP contribution is -2.23. The van der Waals surface area contributed by atoms with E-state index in [1.807, 2.05) is 43.3 Å². The van der Waals surface area contributed by atoms with Gasteiger partial charge in [-0.15, -0.1) is 0 Å². The maximum absolute atomic E-state index is 12.9. The second-order valence-electron chi connectivity index (χ2n) is 9.90. The molecular weight excluding hydrogens is 422 g/mol. The highest BCUT2D eigenvalue weighted by Crippen LogP contribution is 2.28. The maximum atomic E-state index is 12.9. The molecule has 0 saturated carbocycles. The van der Waals surface area contributed by atoms with Crippen molar-refractivity contribution in [2.45, 2.75) is 45.6 Å². The largest absolute Gasteiger partial charge is 0.373 e. The minimum Gasteiger partial charge on any atom is -0.373 e. The number of carbonyl (C=O) groups excluding carboxylic acids is 1. The van der Waals surface area contributed by atoms with E-state index in [4.69, 9.17) is 5.73 Å². The zero-order chi connectivity index (χ0) is 24.5. The lowest BCUT2D eigenvalue weighted by atomic mass is 9.86. The highest BCUT2D eigenvalue weighted by atomic mass is 16.1. The molecule has 1 amide bonds. The van der Waals surface area contributed by atoms with Gasteiger partial charge in [0.15, 0.2) is 0 Å². The number of benzene rings is 3. The third-order valence-electron chi connectivity index (χ3n) is 6.19.